The van der Waals surface area contributed by atoms with Gasteiger partial charge in [0.25, 0.3) is 5.56 Å². The molecular weight excluding hydrogens is 302 g/mol. The predicted octanol–water partition coefficient (Wildman–Crippen LogP) is 2.85. The maximum Gasteiger partial charge on any atom is 0.284 e. The number of hydrogen-bond donors (Lipinski definition) is 0. The van der Waals surface area contributed by atoms with Gasteiger partial charge in [0.1, 0.15) is 17.4 Å². The summed E-state index contributed by atoms with van der Waals surface area (Å²) in [6.07, 6.45) is 0.614. The van der Waals surface area contributed by atoms with Gasteiger partial charge in [-0.2, -0.15) is 10.4 Å². The van der Waals surface area contributed by atoms with Crippen molar-refractivity contribution in [3.05, 3.63) is 56.5 Å². The van der Waals surface area contributed by atoms with Crippen LogP contribution in [0.4, 0.5) is 0 Å². The second-order valence-corrected chi connectivity index (χ2v) is 5.32. The number of nitriles is 1. The Labute approximate surface area is 133 Å². The third-order valence-corrected chi connectivity index (χ3v) is 3.60. The highest BCUT2D eigenvalue weighted by Crippen LogP contribution is 2.15. The predicted molar refractivity (Wildman–Crippen MR) is 84.3 cm³/mol. The Bertz CT molecular complexity index is 761. The van der Waals surface area contributed by atoms with Crippen LogP contribution in [0.5, 0.6) is 5.75 Å². The Morgan fingerprint density at radius 3 is 2.64 bits per heavy atom. The highest BCUT2D eigenvalue weighted by Gasteiger charge is 2.11. The normalized spacial score (nSPS) is 10.3. The highest BCUT2D eigenvalue weighted by molar-refractivity contribution is 6.30. The van der Waals surface area contributed by atoms with Crippen LogP contribution in [0.3, 0.4) is 0 Å². The van der Waals surface area contributed by atoms with Gasteiger partial charge < -0.3 is 4.74 Å². The molecule has 0 N–H and O–H groups in total. The van der Waals surface area contributed by atoms with E-state index in [4.69, 9.17) is 21.6 Å². The van der Waals surface area contributed by atoms with Gasteiger partial charge in [0.05, 0.1) is 12.3 Å². The molecule has 1 heterocycles. The molecule has 0 saturated heterocycles. The van der Waals surface area contributed by atoms with E-state index in [1.807, 2.05) is 6.07 Å². The van der Waals surface area contributed by atoms with Crippen LogP contribution in [0.15, 0.2) is 29.1 Å². The smallest absolute Gasteiger partial charge is 0.284 e. The maximum atomic E-state index is 12.1. The van der Waals surface area contributed by atoms with E-state index < -0.39 is 0 Å². The Morgan fingerprint density at radius 2 is 2.00 bits per heavy atom. The summed E-state index contributed by atoms with van der Waals surface area (Å²) in [5, 5.41) is 13.9. The minimum Gasteiger partial charge on any atom is -0.494 e. The summed E-state index contributed by atoms with van der Waals surface area (Å²) in [6.45, 7) is 4.37. The Balaban J connectivity index is 1.98. The molecule has 1 aromatic heterocycles. The monoisotopic (exact) mass is 317 g/mol. The molecule has 0 bridgehead atoms. The molecule has 0 saturated carbocycles. The van der Waals surface area contributed by atoms with Crippen molar-refractivity contribution < 1.29 is 4.74 Å². The average Bonchev–Trinajstić information content (AvgIpc) is 2.51. The number of ether oxygens (including phenoxy) is 1. The topological polar surface area (TPSA) is 67.9 Å². The van der Waals surface area contributed by atoms with Crippen LogP contribution >= 0.6 is 11.6 Å². The molecule has 0 amide bonds. The van der Waals surface area contributed by atoms with Crippen LogP contribution in [-0.4, -0.2) is 16.4 Å². The number of hydrogen-bond acceptors (Lipinski definition) is 4. The molecule has 114 valence electrons. The van der Waals surface area contributed by atoms with E-state index in [0.29, 0.717) is 35.9 Å². The fraction of sp³-hybridized carbons (Fsp3) is 0.312. The van der Waals surface area contributed by atoms with E-state index in [2.05, 4.69) is 5.10 Å². The first-order valence-corrected chi connectivity index (χ1v) is 7.27. The zero-order valence-corrected chi connectivity index (χ0v) is 13.2. The van der Waals surface area contributed by atoms with Gasteiger partial charge in [0, 0.05) is 18.0 Å². The first kappa shape index (κ1) is 16.1. The lowest BCUT2D eigenvalue weighted by Crippen LogP contribution is -2.28. The summed E-state index contributed by atoms with van der Waals surface area (Å²) in [6, 6.07) is 9.04. The molecular formula is C16H16ClN3O2. The largest absolute Gasteiger partial charge is 0.494 e. The summed E-state index contributed by atoms with van der Waals surface area (Å²) in [5.41, 5.74) is 1.14. The van der Waals surface area contributed by atoms with Crippen LogP contribution in [0.1, 0.15) is 23.2 Å². The Morgan fingerprint density at radius 1 is 1.32 bits per heavy atom. The summed E-state index contributed by atoms with van der Waals surface area (Å²) >= 11 is 5.80. The van der Waals surface area contributed by atoms with Crippen LogP contribution in [0.25, 0.3) is 0 Å². The third-order valence-electron chi connectivity index (χ3n) is 3.35. The SMILES string of the molecule is Cc1nn(CCCOc2ccc(Cl)cc2)c(=O)c(C#N)c1C. The Hall–Kier alpha value is -2.32. The van der Waals surface area contributed by atoms with Crippen molar-refractivity contribution in [1.82, 2.24) is 9.78 Å². The minimum atomic E-state index is -0.350. The summed E-state index contributed by atoms with van der Waals surface area (Å²) < 4.78 is 6.89. The molecule has 1 aromatic carbocycles. The van der Waals surface area contributed by atoms with Gasteiger partial charge in [0.2, 0.25) is 0 Å². The molecule has 0 aliphatic heterocycles. The molecule has 0 unspecified atom stereocenters. The van der Waals surface area contributed by atoms with Crippen molar-refractivity contribution in [2.45, 2.75) is 26.8 Å². The fourth-order valence-corrected chi connectivity index (χ4v) is 2.12. The zero-order chi connectivity index (χ0) is 16.1. The van der Waals surface area contributed by atoms with Gasteiger partial charge in [-0.25, -0.2) is 4.68 Å². The first-order chi connectivity index (χ1) is 10.5. The summed E-state index contributed by atoms with van der Waals surface area (Å²) in [4.78, 5) is 12.1. The molecule has 22 heavy (non-hydrogen) atoms. The number of benzene rings is 1. The van der Waals surface area contributed by atoms with Gasteiger partial charge in [-0.15, -0.1) is 0 Å². The standard InChI is InChI=1S/C16H16ClN3O2/c1-11-12(2)19-20(16(21)15(11)10-18)8-3-9-22-14-6-4-13(17)5-7-14/h4-7H,3,8-9H2,1-2H3. The molecule has 0 fully saturated rings. The second-order valence-electron chi connectivity index (χ2n) is 4.88. The zero-order valence-electron chi connectivity index (χ0n) is 12.5. The van der Waals surface area contributed by atoms with E-state index in [1.165, 1.54) is 4.68 Å². The second kappa shape index (κ2) is 7.10. The fourth-order valence-electron chi connectivity index (χ4n) is 1.99. The van der Waals surface area contributed by atoms with Crippen molar-refractivity contribution in [1.29, 1.82) is 5.26 Å². The van der Waals surface area contributed by atoms with Gasteiger partial charge in [-0.05, 0) is 43.7 Å². The number of rotatable bonds is 5. The maximum absolute atomic E-state index is 12.1. The molecule has 5 nitrogen and oxygen atoms in total. The molecule has 0 radical (unpaired) electrons. The van der Waals surface area contributed by atoms with Crippen molar-refractivity contribution >= 4 is 11.6 Å². The van der Waals surface area contributed by atoms with Crippen LogP contribution < -0.4 is 10.3 Å². The van der Waals surface area contributed by atoms with Gasteiger partial charge in [0.15, 0.2) is 0 Å². The lowest BCUT2D eigenvalue weighted by Gasteiger charge is -2.10. The van der Waals surface area contributed by atoms with Crippen molar-refractivity contribution in [2.75, 3.05) is 6.61 Å². The number of aromatic nitrogens is 2. The molecule has 0 spiro atoms. The van der Waals surface area contributed by atoms with Crippen molar-refractivity contribution in [3.8, 4) is 11.8 Å². The minimum absolute atomic E-state index is 0.158. The van der Waals surface area contributed by atoms with Gasteiger partial charge in [-0.1, -0.05) is 11.6 Å². The third kappa shape index (κ3) is 3.66. The molecule has 0 aliphatic carbocycles. The van der Waals surface area contributed by atoms with Gasteiger partial charge >= 0.3 is 0 Å². The summed E-state index contributed by atoms with van der Waals surface area (Å²) in [7, 11) is 0. The highest BCUT2D eigenvalue weighted by atomic mass is 35.5. The molecule has 2 aromatic rings. The number of nitrogens with zero attached hydrogens (tertiary/aromatic N) is 3. The lowest BCUT2D eigenvalue weighted by atomic mass is 10.1. The lowest BCUT2D eigenvalue weighted by molar-refractivity contribution is 0.296. The van der Waals surface area contributed by atoms with E-state index >= 15 is 0 Å². The van der Waals surface area contributed by atoms with E-state index in [0.717, 1.165) is 5.75 Å². The van der Waals surface area contributed by atoms with Crippen LogP contribution in [-0.2, 0) is 6.54 Å². The quantitative estimate of drug-likeness (QED) is 0.795. The van der Waals surface area contributed by atoms with Gasteiger partial charge in [-0.3, -0.25) is 4.79 Å². The van der Waals surface area contributed by atoms with E-state index in [-0.39, 0.29) is 11.1 Å². The Kier molecular flexibility index (Phi) is 5.18. The van der Waals surface area contributed by atoms with E-state index in [9.17, 15) is 4.79 Å². The number of halogens is 1. The molecule has 6 heteroatoms. The first-order valence-electron chi connectivity index (χ1n) is 6.89. The number of aryl methyl sites for hydroxylation is 2. The summed E-state index contributed by atoms with van der Waals surface area (Å²) in [5.74, 6) is 0.725. The molecule has 2 rings (SSSR count). The molecule has 0 atom stereocenters. The van der Waals surface area contributed by atoms with E-state index in [1.54, 1.807) is 38.1 Å². The molecule has 0 aliphatic rings. The van der Waals surface area contributed by atoms with Crippen molar-refractivity contribution in [2.24, 2.45) is 0 Å². The van der Waals surface area contributed by atoms with Crippen LogP contribution in [0.2, 0.25) is 5.02 Å². The van der Waals surface area contributed by atoms with Crippen molar-refractivity contribution in [3.63, 3.8) is 0 Å². The average molecular weight is 318 g/mol. The van der Waals surface area contributed by atoms with Crippen LogP contribution in [0, 0.1) is 25.2 Å².